The molecule has 1 aromatic rings. The smallest absolute Gasteiger partial charge is 0.228 e. The van der Waals surface area contributed by atoms with Crippen LogP contribution in [0.3, 0.4) is 0 Å². The minimum absolute atomic E-state index is 0.00970. The highest BCUT2D eigenvalue weighted by atomic mass is 16.2. The summed E-state index contributed by atoms with van der Waals surface area (Å²) in [6.45, 7) is 3.78. The van der Waals surface area contributed by atoms with Crippen LogP contribution in [-0.4, -0.2) is 66.4 Å². The fourth-order valence-electron chi connectivity index (χ4n) is 2.92. The summed E-state index contributed by atoms with van der Waals surface area (Å²) in [6, 6.07) is 3.66. The topological polar surface area (TPSA) is 56.8 Å². The Morgan fingerprint density at radius 3 is 2.71 bits per heavy atom. The van der Waals surface area contributed by atoms with Crippen molar-refractivity contribution in [1.29, 1.82) is 0 Å². The third kappa shape index (κ3) is 2.90. The van der Waals surface area contributed by atoms with E-state index in [0.29, 0.717) is 13.0 Å². The van der Waals surface area contributed by atoms with Crippen molar-refractivity contribution in [2.24, 2.45) is 5.92 Å². The summed E-state index contributed by atoms with van der Waals surface area (Å²) in [7, 11) is 2.06. The maximum atomic E-state index is 12.5. The van der Waals surface area contributed by atoms with Gasteiger partial charge in [0.2, 0.25) is 11.8 Å². The molecule has 2 saturated heterocycles. The van der Waals surface area contributed by atoms with Crippen LogP contribution in [0.4, 0.5) is 5.69 Å². The number of pyridine rings is 1. The van der Waals surface area contributed by atoms with Gasteiger partial charge in [0.1, 0.15) is 0 Å². The van der Waals surface area contributed by atoms with Gasteiger partial charge < -0.3 is 14.7 Å². The van der Waals surface area contributed by atoms with E-state index in [-0.39, 0.29) is 17.7 Å². The number of piperazine rings is 1. The van der Waals surface area contributed by atoms with Gasteiger partial charge in [-0.3, -0.25) is 14.6 Å². The van der Waals surface area contributed by atoms with Crippen molar-refractivity contribution >= 4 is 17.5 Å². The first kappa shape index (κ1) is 14.0. The lowest BCUT2D eigenvalue weighted by atomic mass is 10.1. The lowest BCUT2D eigenvalue weighted by Crippen LogP contribution is -2.49. The summed E-state index contributed by atoms with van der Waals surface area (Å²) in [5, 5.41) is 0. The Bertz CT molecular complexity index is 526. The Morgan fingerprint density at radius 2 is 2.05 bits per heavy atom. The van der Waals surface area contributed by atoms with E-state index in [0.717, 1.165) is 31.9 Å². The van der Waals surface area contributed by atoms with Crippen LogP contribution in [0, 0.1) is 5.92 Å². The van der Waals surface area contributed by atoms with E-state index in [2.05, 4.69) is 16.9 Å². The highest BCUT2D eigenvalue weighted by Crippen LogP contribution is 2.25. The van der Waals surface area contributed by atoms with E-state index in [1.54, 1.807) is 23.4 Å². The molecule has 0 radical (unpaired) electrons. The predicted octanol–water partition coefficient (Wildman–Crippen LogP) is 0.208. The Labute approximate surface area is 124 Å². The molecule has 1 unspecified atom stereocenters. The van der Waals surface area contributed by atoms with Crippen molar-refractivity contribution in [3.8, 4) is 0 Å². The Hall–Kier alpha value is -1.95. The largest absolute Gasteiger partial charge is 0.340 e. The Balaban J connectivity index is 1.66. The van der Waals surface area contributed by atoms with Crippen LogP contribution in [0.25, 0.3) is 0 Å². The number of nitrogens with zero attached hydrogens (tertiary/aromatic N) is 4. The average Bonchev–Trinajstić information content (AvgIpc) is 2.90. The second kappa shape index (κ2) is 5.81. The van der Waals surface area contributed by atoms with Gasteiger partial charge in [0, 0.05) is 45.3 Å². The number of anilines is 1. The molecule has 2 amide bonds. The maximum absolute atomic E-state index is 12.5. The SMILES string of the molecule is CN1CCN(C(=O)C2CC(=O)N(c3cccnc3)C2)CC1. The van der Waals surface area contributed by atoms with Crippen LogP contribution in [0.5, 0.6) is 0 Å². The van der Waals surface area contributed by atoms with E-state index >= 15 is 0 Å². The fourth-order valence-corrected chi connectivity index (χ4v) is 2.92. The van der Waals surface area contributed by atoms with Gasteiger partial charge in [-0.2, -0.15) is 0 Å². The lowest BCUT2D eigenvalue weighted by molar-refractivity contribution is -0.137. The molecule has 0 bridgehead atoms. The van der Waals surface area contributed by atoms with Crippen molar-refractivity contribution in [2.45, 2.75) is 6.42 Å². The average molecular weight is 288 g/mol. The van der Waals surface area contributed by atoms with Crippen LogP contribution in [0.1, 0.15) is 6.42 Å². The van der Waals surface area contributed by atoms with Gasteiger partial charge in [0.05, 0.1) is 17.8 Å². The van der Waals surface area contributed by atoms with E-state index in [1.807, 2.05) is 11.0 Å². The summed E-state index contributed by atoms with van der Waals surface area (Å²) in [6.07, 6.45) is 3.65. The molecule has 21 heavy (non-hydrogen) atoms. The van der Waals surface area contributed by atoms with Gasteiger partial charge >= 0.3 is 0 Å². The van der Waals surface area contributed by atoms with Gasteiger partial charge in [-0.1, -0.05) is 0 Å². The van der Waals surface area contributed by atoms with Crippen molar-refractivity contribution < 1.29 is 9.59 Å². The van der Waals surface area contributed by atoms with E-state index in [9.17, 15) is 9.59 Å². The summed E-state index contributed by atoms with van der Waals surface area (Å²) in [5.41, 5.74) is 0.774. The molecule has 6 heteroatoms. The molecule has 2 aliphatic rings. The highest BCUT2D eigenvalue weighted by molar-refractivity contribution is 6.00. The molecular formula is C15H20N4O2. The number of aromatic nitrogens is 1. The fraction of sp³-hybridized carbons (Fsp3) is 0.533. The zero-order valence-corrected chi connectivity index (χ0v) is 12.2. The number of rotatable bonds is 2. The minimum Gasteiger partial charge on any atom is -0.340 e. The molecule has 0 spiro atoms. The van der Waals surface area contributed by atoms with Gasteiger partial charge in [-0.15, -0.1) is 0 Å². The van der Waals surface area contributed by atoms with Crippen molar-refractivity contribution in [1.82, 2.24) is 14.8 Å². The first-order valence-corrected chi connectivity index (χ1v) is 7.33. The van der Waals surface area contributed by atoms with E-state index < -0.39 is 0 Å². The van der Waals surface area contributed by atoms with Crippen LogP contribution in [-0.2, 0) is 9.59 Å². The highest BCUT2D eigenvalue weighted by Gasteiger charge is 2.37. The second-order valence-electron chi connectivity index (χ2n) is 5.75. The van der Waals surface area contributed by atoms with Crippen molar-refractivity contribution in [2.75, 3.05) is 44.7 Å². The van der Waals surface area contributed by atoms with Gasteiger partial charge in [0.15, 0.2) is 0 Å². The van der Waals surface area contributed by atoms with Gasteiger partial charge in [-0.05, 0) is 19.2 Å². The van der Waals surface area contributed by atoms with Gasteiger partial charge in [-0.25, -0.2) is 0 Å². The van der Waals surface area contributed by atoms with Gasteiger partial charge in [0.25, 0.3) is 0 Å². The Morgan fingerprint density at radius 1 is 1.29 bits per heavy atom. The molecule has 0 saturated carbocycles. The summed E-state index contributed by atoms with van der Waals surface area (Å²) in [4.78, 5) is 34.5. The molecule has 6 nitrogen and oxygen atoms in total. The first-order valence-electron chi connectivity index (χ1n) is 7.33. The summed E-state index contributed by atoms with van der Waals surface area (Å²) >= 11 is 0. The minimum atomic E-state index is -0.221. The molecule has 2 fully saturated rings. The quantitative estimate of drug-likeness (QED) is 0.780. The van der Waals surface area contributed by atoms with Crippen LogP contribution >= 0.6 is 0 Å². The molecule has 0 N–H and O–H groups in total. The van der Waals surface area contributed by atoms with Crippen molar-refractivity contribution in [3.63, 3.8) is 0 Å². The first-order chi connectivity index (χ1) is 10.1. The molecule has 3 heterocycles. The number of carbonyl (C=O) groups is 2. The summed E-state index contributed by atoms with van der Waals surface area (Å²) in [5.74, 6) is -0.0977. The number of carbonyl (C=O) groups excluding carboxylic acids is 2. The zero-order valence-electron chi connectivity index (χ0n) is 12.2. The normalized spacial score (nSPS) is 23.7. The number of amides is 2. The summed E-state index contributed by atoms with van der Waals surface area (Å²) < 4.78 is 0. The number of hydrogen-bond acceptors (Lipinski definition) is 4. The molecular weight excluding hydrogens is 268 g/mol. The molecule has 3 rings (SSSR count). The van der Waals surface area contributed by atoms with Crippen molar-refractivity contribution in [3.05, 3.63) is 24.5 Å². The molecule has 0 aliphatic carbocycles. The molecule has 1 atom stereocenters. The monoisotopic (exact) mass is 288 g/mol. The maximum Gasteiger partial charge on any atom is 0.228 e. The number of likely N-dealkylation sites (N-methyl/N-ethyl adjacent to an activating group) is 1. The van der Waals surface area contributed by atoms with Crippen LogP contribution in [0.2, 0.25) is 0 Å². The second-order valence-corrected chi connectivity index (χ2v) is 5.75. The molecule has 0 aromatic carbocycles. The molecule has 112 valence electrons. The lowest BCUT2D eigenvalue weighted by Gasteiger charge is -2.33. The molecule has 2 aliphatic heterocycles. The van der Waals surface area contributed by atoms with E-state index in [1.165, 1.54) is 0 Å². The number of hydrogen-bond donors (Lipinski definition) is 0. The van der Waals surface area contributed by atoms with E-state index in [4.69, 9.17) is 0 Å². The predicted molar refractivity (Wildman–Crippen MR) is 78.8 cm³/mol. The Kier molecular flexibility index (Phi) is 3.88. The third-order valence-corrected chi connectivity index (χ3v) is 4.25. The third-order valence-electron chi connectivity index (χ3n) is 4.25. The standard InChI is InChI=1S/C15H20N4O2/c1-17-5-7-18(8-6-17)15(21)12-9-14(20)19(11-12)13-3-2-4-16-10-13/h2-4,10,12H,5-9,11H2,1H3. The van der Waals surface area contributed by atoms with Crippen LogP contribution < -0.4 is 4.90 Å². The zero-order chi connectivity index (χ0) is 14.8. The van der Waals surface area contributed by atoms with Crippen LogP contribution in [0.15, 0.2) is 24.5 Å². The molecule has 1 aromatic heterocycles.